The number of benzene rings is 1. The molecule has 0 aliphatic carbocycles. The van der Waals surface area contributed by atoms with Gasteiger partial charge in [-0.25, -0.2) is 4.39 Å². The smallest absolute Gasteiger partial charge is 0.127 e. The molecule has 14 heavy (non-hydrogen) atoms. The second-order valence-electron chi connectivity index (χ2n) is 3.45. The van der Waals surface area contributed by atoms with Crippen LogP contribution in [0.2, 0.25) is 0 Å². The standard InChI is InChI=1S/C11H16FNO/c1-8(7-14)11(13-2)9-5-3-4-6-10(9)12/h3-6,8,11,13-14H,7H2,1-2H3. The van der Waals surface area contributed by atoms with Gasteiger partial charge in [-0.05, 0) is 19.0 Å². The van der Waals surface area contributed by atoms with Crippen LogP contribution in [-0.2, 0) is 0 Å². The monoisotopic (exact) mass is 197 g/mol. The maximum Gasteiger partial charge on any atom is 0.127 e. The van der Waals surface area contributed by atoms with Gasteiger partial charge in [-0.15, -0.1) is 0 Å². The van der Waals surface area contributed by atoms with Crippen LogP contribution in [0.1, 0.15) is 18.5 Å². The van der Waals surface area contributed by atoms with Crippen molar-refractivity contribution < 1.29 is 9.50 Å². The third-order valence-electron chi connectivity index (χ3n) is 2.41. The van der Waals surface area contributed by atoms with E-state index in [2.05, 4.69) is 5.32 Å². The van der Waals surface area contributed by atoms with Gasteiger partial charge in [-0.3, -0.25) is 0 Å². The molecule has 1 rings (SSSR count). The summed E-state index contributed by atoms with van der Waals surface area (Å²) in [4.78, 5) is 0. The largest absolute Gasteiger partial charge is 0.396 e. The molecule has 0 saturated carbocycles. The van der Waals surface area contributed by atoms with Crippen molar-refractivity contribution in [1.29, 1.82) is 0 Å². The summed E-state index contributed by atoms with van der Waals surface area (Å²) >= 11 is 0. The number of halogens is 1. The second-order valence-corrected chi connectivity index (χ2v) is 3.45. The molecular weight excluding hydrogens is 181 g/mol. The fourth-order valence-electron chi connectivity index (χ4n) is 1.58. The fraction of sp³-hybridized carbons (Fsp3) is 0.455. The molecule has 2 N–H and O–H groups in total. The van der Waals surface area contributed by atoms with Gasteiger partial charge in [0, 0.05) is 18.2 Å². The lowest BCUT2D eigenvalue weighted by molar-refractivity contribution is 0.204. The van der Waals surface area contributed by atoms with Crippen LogP contribution in [0.4, 0.5) is 4.39 Å². The first-order chi connectivity index (χ1) is 6.70. The molecule has 78 valence electrons. The molecular formula is C11H16FNO. The third-order valence-corrected chi connectivity index (χ3v) is 2.41. The Kier molecular flexibility index (Phi) is 4.04. The van der Waals surface area contributed by atoms with Gasteiger partial charge in [0.15, 0.2) is 0 Å². The number of nitrogens with one attached hydrogen (secondary N) is 1. The molecule has 2 atom stereocenters. The summed E-state index contributed by atoms with van der Waals surface area (Å²) in [6.07, 6.45) is 0. The predicted molar refractivity (Wildman–Crippen MR) is 54.5 cm³/mol. The number of hydrogen-bond acceptors (Lipinski definition) is 2. The molecule has 3 heteroatoms. The zero-order valence-electron chi connectivity index (χ0n) is 8.50. The minimum atomic E-state index is -0.229. The van der Waals surface area contributed by atoms with E-state index in [9.17, 15) is 4.39 Å². The second kappa shape index (κ2) is 5.08. The van der Waals surface area contributed by atoms with E-state index in [1.165, 1.54) is 6.07 Å². The fourth-order valence-corrected chi connectivity index (χ4v) is 1.58. The maximum absolute atomic E-state index is 13.4. The molecule has 0 saturated heterocycles. The minimum absolute atomic E-state index is 0.00287. The quantitative estimate of drug-likeness (QED) is 0.770. The van der Waals surface area contributed by atoms with Crippen LogP contribution in [0.3, 0.4) is 0 Å². The molecule has 0 fully saturated rings. The van der Waals surface area contributed by atoms with E-state index >= 15 is 0 Å². The van der Waals surface area contributed by atoms with Crippen molar-refractivity contribution in [2.45, 2.75) is 13.0 Å². The Morgan fingerprint density at radius 1 is 1.43 bits per heavy atom. The van der Waals surface area contributed by atoms with E-state index in [4.69, 9.17) is 5.11 Å². The van der Waals surface area contributed by atoms with Gasteiger partial charge in [-0.1, -0.05) is 25.1 Å². The minimum Gasteiger partial charge on any atom is -0.396 e. The first kappa shape index (κ1) is 11.1. The highest BCUT2D eigenvalue weighted by Crippen LogP contribution is 2.23. The van der Waals surface area contributed by atoms with E-state index in [1.54, 1.807) is 25.2 Å². The number of aliphatic hydroxyl groups excluding tert-OH is 1. The lowest BCUT2D eigenvalue weighted by Crippen LogP contribution is -2.26. The molecule has 2 unspecified atom stereocenters. The van der Waals surface area contributed by atoms with Crippen LogP contribution in [0.5, 0.6) is 0 Å². The zero-order chi connectivity index (χ0) is 10.6. The molecule has 0 spiro atoms. The zero-order valence-corrected chi connectivity index (χ0v) is 8.50. The summed E-state index contributed by atoms with van der Waals surface area (Å²) < 4.78 is 13.4. The van der Waals surface area contributed by atoms with E-state index in [1.807, 2.05) is 6.92 Å². The Labute approximate surface area is 83.8 Å². The first-order valence-corrected chi connectivity index (χ1v) is 4.73. The topological polar surface area (TPSA) is 32.3 Å². The van der Waals surface area contributed by atoms with Crippen LogP contribution in [0, 0.1) is 11.7 Å². The molecule has 0 aliphatic rings. The Bertz CT molecular complexity index is 290. The normalized spacial score (nSPS) is 15.1. The Hall–Kier alpha value is -0.930. The maximum atomic E-state index is 13.4. The summed E-state index contributed by atoms with van der Waals surface area (Å²) in [5.41, 5.74) is 0.608. The average Bonchev–Trinajstić information content (AvgIpc) is 2.21. The lowest BCUT2D eigenvalue weighted by atomic mass is 9.95. The highest BCUT2D eigenvalue weighted by atomic mass is 19.1. The third kappa shape index (κ3) is 2.30. The summed E-state index contributed by atoms with van der Waals surface area (Å²) in [7, 11) is 1.77. The van der Waals surface area contributed by atoms with Crippen molar-refractivity contribution in [3.8, 4) is 0 Å². The highest BCUT2D eigenvalue weighted by Gasteiger charge is 2.19. The van der Waals surface area contributed by atoms with Gasteiger partial charge < -0.3 is 10.4 Å². The van der Waals surface area contributed by atoms with Crippen molar-refractivity contribution in [3.63, 3.8) is 0 Å². The van der Waals surface area contributed by atoms with Crippen molar-refractivity contribution in [2.24, 2.45) is 5.92 Å². The number of hydrogen-bond donors (Lipinski definition) is 2. The molecule has 0 amide bonds. The SMILES string of the molecule is CNC(c1ccccc1F)C(C)CO. The van der Waals surface area contributed by atoms with Crippen LogP contribution in [-0.4, -0.2) is 18.8 Å². The van der Waals surface area contributed by atoms with Gasteiger partial charge in [0.05, 0.1) is 0 Å². The molecule has 2 nitrogen and oxygen atoms in total. The lowest BCUT2D eigenvalue weighted by Gasteiger charge is -2.22. The Morgan fingerprint density at radius 3 is 2.57 bits per heavy atom. The molecule has 0 radical (unpaired) electrons. The Morgan fingerprint density at radius 2 is 2.07 bits per heavy atom. The molecule has 0 heterocycles. The van der Waals surface area contributed by atoms with Crippen LogP contribution >= 0.6 is 0 Å². The summed E-state index contributed by atoms with van der Waals surface area (Å²) in [5.74, 6) is -0.232. The summed E-state index contributed by atoms with van der Waals surface area (Å²) in [6.45, 7) is 1.92. The van der Waals surface area contributed by atoms with Gasteiger partial charge in [-0.2, -0.15) is 0 Å². The van der Waals surface area contributed by atoms with Gasteiger partial charge in [0.25, 0.3) is 0 Å². The van der Waals surface area contributed by atoms with E-state index in [-0.39, 0.29) is 24.4 Å². The van der Waals surface area contributed by atoms with Crippen molar-refractivity contribution in [3.05, 3.63) is 35.6 Å². The summed E-state index contributed by atoms with van der Waals surface area (Å²) in [5, 5.41) is 12.0. The predicted octanol–water partition coefficient (Wildman–Crippen LogP) is 1.71. The molecule has 0 aromatic heterocycles. The van der Waals surface area contributed by atoms with Crippen molar-refractivity contribution in [1.82, 2.24) is 5.32 Å². The van der Waals surface area contributed by atoms with Gasteiger partial charge in [0.1, 0.15) is 5.82 Å². The van der Waals surface area contributed by atoms with Crippen LogP contribution in [0.25, 0.3) is 0 Å². The molecule has 0 bridgehead atoms. The highest BCUT2D eigenvalue weighted by molar-refractivity contribution is 5.21. The Balaban J connectivity index is 2.94. The van der Waals surface area contributed by atoms with Crippen LogP contribution < -0.4 is 5.32 Å². The summed E-state index contributed by atoms with van der Waals surface area (Å²) in [6, 6.07) is 6.50. The average molecular weight is 197 g/mol. The number of rotatable bonds is 4. The first-order valence-electron chi connectivity index (χ1n) is 4.73. The van der Waals surface area contributed by atoms with Gasteiger partial charge >= 0.3 is 0 Å². The number of aliphatic hydroxyl groups is 1. The van der Waals surface area contributed by atoms with Crippen molar-refractivity contribution >= 4 is 0 Å². The van der Waals surface area contributed by atoms with E-state index in [0.29, 0.717) is 5.56 Å². The van der Waals surface area contributed by atoms with Crippen molar-refractivity contribution in [2.75, 3.05) is 13.7 Å². The van der Waals surface area contributed by atoms with E-state index < -0.39 is 0 Å². The van der Waals surface area contributed by atoms with Gasteiger partial charge in [0.2, 0.25) is 0 Å². The van der Waals surface area contributed by atoms with Crippen LogP contribution in [0.15, 0.2) is 24.3 Å². The molecule has 1 aromatic carbocycles. The molecule has 0 aliphatic heterocycles. The molecule has 1 aromatic rings. The van der Waals surface area contributed by atoms with E-state index in [0.717, 1.165) is 0 Å².